The SMILES string of the molecule is O=C(Nc1ccnc(CO)c1)N1CCC(=Cc2ccc(Cl)cc2F)CC1. The van der Waals surface area contributed by atoms with Crippen LogP contribution >= 0.6 is 11.6 Å². The molecule has 1 saturated heterocycles. The van der Waals surface area contributed by atoms with E-state index in [1.165, 1.54) is 6.07 Å². The van der Waals surface area contributed by atoms with Gasteiger partial charge in [0, 0.05) is 35.6 Å². The van der Waals surface area contributed by atoms with Gasteiger partial charge in [0.1, 0.15) is 5.82 Å². The number of aromatic nitrogens is 1. The van der Waals surface area contributed by atoms with Gasteiger partial charge in [-0.1, -0.05) is 29.3 Å². The number of piperidine rings is 1. The van der Waals surface area contributed by atoms with Crippen LogP contribution in [0.2, 0.25) is 5.02 Å². The van der Waals surface area contributed by atoms with Crippen LogP contribution in [-0.4, -0.2) is 34.1 Å². The minimum absolute atomic E-state index is 0.178. The number of likely N-dealkylation sites (tertiary alicyclic amines) is 1. The number of aliphatic hydroxyl groups excluding tert-OH is 1. The number of pyridine rings is 1. The van der Waals surface area contributed by atoms with E-state index in [9.17, 15) is 9.18 Å². The summed E-state index contributed by atoms with van der Waals surface area (Å²) in [4.78, 5) is 18.1. The first kappa shape index (κ1) is 18.4. The number of nitrogens with one attached hydrogen (secondary N) is 1. The van der Waals surface area contributed by atoms with Crippen molar-refractivity contribution in [1.82, 2.24) is 9.88 Å². The highest BCUT2D eigenvalue weighted by atomic mass is 35.5. The van der Waals surface area contributed by atoms with E-state index in [4.69, 9.17) is 16.7 Å². The summed E-state index contributed by atoms with van der Waals surface area (Å²) >= 11 is 5.77. The Morgan fingerprint density at radius 3 is 2.77 bits per heavy atom. The van der Waals surface area contributed by atoms with E-state index in [1.54, 1.807) is 35.4 Å². The molecule has 2 heterocycles. The standard InChI is InChI=1S/C19H19ClFN3O2/c20-15-2-1-14(18(21)10-15)9-13-4-7-24(8-5-13)19(26)23-16-3-6-22-17(11-16)12-25/h1-3,6,9-11,25H,4-5,7-8,12H2,(H,22,23,26). The predicted octanol–water partition coefficient (Wildman–Crippen LogP) is 4.08. The number of hydrogen-bond acceptors (Lipinski definition) is 3. The maximum atomic E-state index is 13.9. The molecule has 0 aliphatic carbocycles. The smallest absolute Gasteiger partial charge is 0.321 e. The molecule has 0 bridgehead atoms. The molecule has 3 rings (SSSR count). The Bertz CT molecular complexity index is 831. The first-order chi connectivity index (χ1) is 12.5. The third-order valence-corrected chi connectivity index (χ3v) is 4.48. The Labute approximate surface area is 156 Å². The number of nitrogens with zero attached hydrogens (tertiary/aromatic N) is 2. The zero-order valence-electron chi connectivity index (χ0n) is 14.1. The molecule has 1 aliphatic heterocycles. The third-order valence-electron chi connectivity index (χ3n) is 4.24. The minimum atomic E-state index is -0.345. The number of rotatable bonds is 3. The molecule has 0 saturated carbocycles. The highest BCUT2D eigenvalue weighted by molar-refractivity contribution is 6.30. The fourth-order valence-electron chi connectivity index (χ4n) is 2.82. The van der Waals surface area contributed by atoms with Crippen LogP contribution in [-0.2, 0) is 6.61 Å². The van der Waals surface area contributed by atoms with Crippen LogP contribution < -0.4 is 5.32 Å². The molecule has 0 unspecified atom stereocenters. The molecule has 0 radical (unpaired) electrons. The monoisotopic (exact) mass is 375 g/mol. The normalized spacial score (nSPS) is 14.3. The van der Waals surface area contributed by atoms with E-state index in [0.29, 0.717) is 47.9 Å². The lowest BCUT2D eigenvalue weighted by Crippen LogP contribution is -2.39. The summed E-state index contributed by atoms with van der Waals surface area (Å²) < 4.78 is 13.9. The molecule has 5 nitrogen and oxygen atoms in total. The second kappa shape index (κ2) is 8.29. The number of carbonyl (C=O) groups is 1. The molecule has 26 heavy (non-hydrogen) atoms. The van der Waals surface area contributed by atoms with Crippen LogP contribution in [0.25, 0.3) is 6.08 Å². The van der Waals surface area contributed by atoms with Gasteiger partial charge in [0.15, 0.2) is 0 Å². The second-order valence-corrected chi connectivity index (χ2v) is 6.52. The summed E-state index contributed by atoms with van der Waals surface area (Å²) in [5.41, 5.74) is 2.70. The van der Waals surface area contributed by atoms with Gasteiger partial charge in [-0.05, 0) is 37.1 Å². The van der Waals surface area contributed by atoms with Crippen molar-refractivity contribution in [3.63, 3.8) is 0 Å². The molecule has 2 amide bonds. The average molecular weight is 376 g/mol. The fraction of sp³-hybridized carbons (Fsp3) is 0.263. The molecular weight excluding hydrogens is 357 g/mol. The van der Waals surface area contributed by atoms with Crippen molar-refractivity contribution in [3.05, 3.63) is 64.2 Å². The summed E-state index contributed by atoms with van der Waals surface area (Å²) in [6.45, 7) is 0.943. The van der Waals surface area contributed by atoms with E-state index in [1.807, 2.05) is 6.08 Å². The molecular formula is C19H19ClFN3O2. The second-order valence-electron chi connectivity index (χ2n) is 6.08. The topological polar surface area (TPSA) is 65.5 Å². The van der Waals surface area contributed by atoms with Gasteiger partial charge in [0.2, 0.25) is 0 Å². The van der Waals surface area contributed by atoms with Gasteiger partial charge >= 0.3 is 6.03 Å². The minimum Gasteiger partial charge on any atom is -0.390 e. The van der Waals surface area contributed by atoms with E-state index >= 15 is 0 Å². The van der Waals surface area contributed by atoms with Crippen LogP contribution in [0.4, 0.5) is 14.9 Å². The number of carbonyl (C=O) groups excluding carboxylic acids is 1. The van der Waals surface area contributed by atoms with Crippen molar-refractivity contribution in [3.8, 4) is 0 Å². The van der Waals surface area contributed by atoms with Crippen LogP contribution in [0, 0.1) is 5.82 Å². The maximum Gasteiger partial charge on any atom is 0.321 e. The highest BCUT2D eigenvalue weighted by Gasteiger charge is 2.19. The zero-order chi connectivity index (χ0) is 18.5. The van der Waals surface area contributed by atoms with Crippen molar-refractivity contribution in [2.45, 2.75) is 19.4 Å². The molecule has 1 aromatic heterocycles. The average Bonchev–Trinajstić information content (AvgIpc) is 2.64. The summed E-state index contributed by atoms with van der Waals surface area (Å²) in [5.74, 6) is -0.345. The summed E-state index contributed by atoms with van der Waals surface area (Å²) in [5, 5.41) is 12.3. The third kappa shape index (κ3) is 4.59. The number of hydrogen-bond donors (Lipinski definition) is 2. The van der Waals surface area contributed by atoms with Gasteiger partial charge in [0.25, 0.3) is 0 Å². The molecule has 1 aliphatic rings. The number of aliphatic hydroxyl groups is 1. The van der Waals surface area contributed by atoms with E-state index < -0.39 is 0 Å². The van der Waals surface area contributed by atoms with Crippen molar-refractivity contribution in [2.75, 3.05) is 18.4 Å². The predicted molar refractivity (Wildman–Crippen MR) is 99.4 cm³/mol. The quantitative estimate of drug-likeness (QED) is 0.849. The lowest BCUT2D eigenvalue weighted by Gasteiger charge is -2.28. The van der Waals surface area contributed by atoms with Crippen LogP contribution in [0.3, 0.4) is 0 Å². The number of benzene rings is 1. The first-order valence-electron chi connectivity index (χ1n) is 8.31. The number of anilines is 1. The number of halogens is 2. The molecule has 7 heteroatoms. The van der Waals surface area contributed by atoms with Crippen molar-refractivity contribution in [2.24, 2.45) is 0 Å². The largest absolute Gasteiger partial charge is 0.390 e. The summed E-state index contributed by atoms with van der Waals surface area (Å²) in [6, 6.07) is 7.73. The number of amides is 2. The van der Waals surface area contributed by atoms with E-state index in [2.05, 4.69) is 10.3 Å². The Morgan fingerprint density at radius 2 is 2.08 bits per heavy atom. The highest BCUT2D eigenvalue weighted by Crippen LogP contribution is 2.23. The van der Waals surface area contributed by atoms with Gasteiger partial charge in [0.05, 0.1) is 12.3 Å². The van der Waals surface area contributed by atoms with Gasteiger partial charge in [-0.3, -0.25) is 4.98 Å². The van der Waals surface area contributed by atoms with Gasteiger partial charge < -0.3 is 15.3 Å². The van der Waals surface area contributed by atoms with E-state index in [0.717, 1.165) is 5.57 Å². The summed E-state index contributed by atoms with van der Waals surface area (Å²) in [7, 11) is 0. The molecule has 1 fully saturated rings. The molecule has 1 aromatic carbocycles. The van der Waals surface area contributed by atoms with E-state index in [-0.39, 0.29) is 18.5 Å². The lowest BCUT2D eigenvalue weighted by molar-refractivity contribution is 0.207. The van der Waals surface area contributed by atoms with Crippen LogP contribution in [0.15, 0.2) is 42.1 Å². The van der Waals surface area contributed by atoms with Gasteiger partial charge in [-0.15, -0.1) is 0 Å². The van der Waals surface area contributed by atoms with Crippen molar-refractivity contribution >= 4 is 29.4 Å². The molecule has 0 atom stereocenters. The van der Waals surface area contributed by atoms with Crippen molar-refractivity contribution < 1.29 is 14.3 Å². The van der Waals surface area contributed by atoms with Crippen LogP contribution in [0.5, 0.6) is 0 Å². The van der Waals surface area contributed by atoms with Gasteiger partial charge in [-0.25, -0.2) is 9.18 Å². The maximum absolute atomic E-state index is 13.9. The summed E-state index contributed by atoms with van der Waals surface area (Å²) in [6.07, 6.45) is 4.75. The van der Waals surface area contributed by atoms with Gasteiger partial charge in [-0.2, -0.15) is 0 Å². The number of urea groups is 1. The lowest BCUT2D eigenvalue weighted by atomic mass is 10.0. The Kier molecular flexibility index (Phi) is 5.85. The van der Waals surface area contributed by atoms with Crippen molar-refractivity contribution in [1.29, 1.82) is 0 Å². The Balaban J connectivity index is 1.59. The Morgan fingerprint density at radius 1 is 1.31 bits per heavy atom. The fourth-order valence-corrected chi connectivity index (χ4v) is 2.98. The molecule has 2 N–H and O–H groups in total. The van der Waals surface area contributed by atoms with Crippen LogP contribution in [0.1, 0.15) is 24.1 Å². The first-order valence-corrected chi connectivity index (χ1v) is 8.69. The molecule has 2 aromatic rings. The zero-order valence-corrected chi connectivity index (χ0v) is 14.8. The molecule has 0 spiro atoms. The molecule has 136 valence electrons. The Hall–Kier alpha value is -2.44.